The van der Waals surface area contributed by atoms with Crippen molar-refractivity contribution >= 4 is 23.2 Å². The first kappa shape index (κ1) is 18.4. The molecule has 0 radical (unpaired) electrons. The number of fused-ring (bicyclic) bond motifs is 1. The van der Waals surface area contributed by atoms with E-state index in [9.17, 15) is 9.90 Å². The van der Waals surface area contributed by atoms with Crippen molar-refractivity contribution in [2.75, 3.05) is 18.5 Å². The highest BCUT2D eigenvalue weighted by Gasteiger charge is 2.33. The first-order valence-electron chi connectivity index (χ1n) is 8.74. The first-order chi connectivity index (χ1) is 12.4. The van der Waals surface area contributed by atoms with E-state index < -0.39 is 6.17 Å². The summed E-state index contributed by atoms with van der Waals surface area (Å²) in [6, 6.07) is 10.9. The Morgan fingerprint density at radius 2 is 2.04 bits per heavy atom. The van der Waals surface area contributed by atoms with Crippen molar-refractivity contribution in [2.24, 2.45) is 5.92 Å². The number of amides is 1. The smallest absolute Gasteiger partial charge is 0.257 e. The second-order valence-corrected chi connectivity index (χ2v) is 7.13. The molecule has 1 aliphatic rings. The van der Waals surface area contributed by atoms with Gasteiger partial charge in [-0.25, -0.2) is 0 Å². The number of anilines is 1. The molecule has 1 amide bonds. The zero-order valence-corrected chi connectivity index (χ0v) is 15.9. The van der Waals surface area contributed by atoms with Gasteiger partial charge in [-0.05, 0) is 37.1 Å². The van der Waals surface area contributed by atoms with Crippen LogP contribution in [0.5, 0.6) is 11.5 Å². The van der Waals surface area contributed by atoms with E-state index >= 15 is 0 Å². The van der Waals surface area contributed by atoms with Gasteiger partial charge in [-0.1, -0.05) is 37.6 Å². The first-order valence-corrected chi connectivity index (χ1v) is 9.11. The number of nitrogens with one attached hydrogen (secondary N) is 1. The van der Waals surface area contributed by atoms with Crippen LogP contribution in [0.15, 0.2) is 36.4 Å². The number of phenolic OH excluding ortho intramolecular Hbond substituents is 1. The van der Waals surface area contributed by atoms with Crippen LogP contribution in [0.25, 0.3) is 0 Å². The summed E-state index contributed by atoms with van der Waals surface area (Å²) in [7, 11) is 0. The molecule has 5 nitrogen and oxygen atoms in total. The fourth-order valence-corrected chi connectivity index (χ4v) is 3.37. The number of nitrogens with zero attached hydrogens (tertiary/aromatic N) is 1. The van der Waals surface area contributed by atoms with E-state index in [1.165, 1.54) is 0 Å². The summed E-state index contributed by atoms with van der Waals surface area (Å²) in [5, 5.41) is 13.7. The van der Waals surface area contributed by atoms with E-state index in [-0.39, 0.29) is 16.7 Å². The van der Waals surface area contributed by atoms with Crippen LogP contribution >= 0.6 is 11.6 Å². The van der Waals surface area contributed by atoms with Gasteiger partial charge in [0.25, 0.3) is 5.91 Å². The molecule has 0 aromatic heterocycles. The molecule has 1 heterocycles. The Kier molecular flexibility index (Phi) is 5.28. The summed E-state index contributed by atoms with van der Waals surface area (Å²) in [4.78, 5) is 14.9. The van der Waals surface area contributed by atoms with E-state index in [0.29, 0.717) is 30.4 Å². The minimum atomic E-state index is -0.392. The third kappa shape index (κ3) is 3.44. The summed E-state index contributed by atoms with van der Waals surface area (Å²) in [5.74, 6) is 0.496. The topological polar surface area (TPSA) is 61.8 Å². The van der Waals surface area contributed by atoms with E-state index in [1.807, 2.05) is 31.2 Å². The third-order valence-corrected chi connectivity index (χ3v) is 4.54. The fourth-order valence-electron chi connectivity index (χ4n) is 3.15. The van der Waals surface area contributed by atoms with E-state index in [2.05, 4.69) is 19.2 Å². The van der Waals surface area contributed by atoms with Crippen LogP contribution in [0, 0.1) is 5.92 Å². The predicted molar refractivity (Wildman–Crippen MR) is 103 cm³/mol. The lowest BCUT2D eigenvalue weighted by Gasteiger charge is -2.39. The highest BCUT2D eigenvalue weighted by Crippen LogP contribution is 2.40. The number of halogens is 1. The number of carbonyl (C=O) groups is 1. The number of phenols is 1. The van der Waals surface area contributed by atoms with Crippen molar-refractivity contribution < 1.29 is 14.6 Å². The van der Waals surface area contributed by atoms with Gasteiger partial charge in [0.05, 0.1) is 17.2 Å². The molecule has 0 fully saturated rings. The van der Waals surface area contributed by atoms with Crippen molar-refractivity contribution in [1.29, 1.82) is 0 Å². The summed E-state index contributed by atoms with van der Waals surface area (Å²) < 4.78 is 5.50. The molecule has 6 heteroatoms. The quantitative estimate of drug-likeness (QED) is 0.798. The number of ether oxygens (including phenoxy) is 1. The summed E-state index contributed by atoms with van der Waals surface area (Å²) in [6.07, 6.45) is -0.392. The molecular formula is C20H23ClN2O3. The molecule has 1 atom stereocenters. The van der Waals surface area contributed by atoms with Gasteiger partial charge in [-0.15, -0.1) is 0 Å². The number of hydrogen-bond acceptors (Lipinski definition) is 4. The Morgan fingerprint density at radius 3 is 2.73 bits per heavy atom. The van der Waals surface area contributed by atoms with Crippen LogP contribution in [0.1, 0.15) is 42.9 Å². The average molecular weight is 375 g/mol. The number of aromatic hydroxyl groups is 1. The Labute approximate surface area is 158 Å². The number of para-hydroxylation sites is 1. The minimum Gasteiger partial charge on any atom is -0.503 e. The lowest BCUT2D eigenvalue weighted by molar-refractivity contribution is 0.0657. The lowest BCUT2D eigenvalue weighted by atomic mass is 10.0. The molecule has 2 aromatic carbocycles. The van der Waals surface area contributed by atoms with Crippen molar-refractivity contribution in [3.8, 4) is 11.5 Å². The van der Waals surface area contributed by atoms with Crippen LogP contribution in [0.4, 0.5) is 5.69 Å². The zero-order valence-electron chi connectivity index (χ0n) is 15.1. The molecule has 138 valence electrons. The largest absolute Gasteiger partial charge is 0.503 e. The van der Waals surface area contributed by atoms with E-state index in [0.717, 1.165) is 11.3 Å². The fraction of sp³-hybridized carbons (Fsp3) is 0.350. The predicted octanol–water partition coefficient (Wildman–Crippen LogP) is 4.67. The third-order valence-electron chi connectivity index (χ3n) is 4.25. The van der Waals surface area contributed by atoms with Gasteiger partial charge in [0.1, 0.15) is 6.17 Å². The normalized spacial score (nSPS) is 16.4. The second kappa shape index (κ2) is 7.46. The van der Waals surface area contributed by atoms with Crippen molar-refractivity contribution in [1.82, 2.24) is 4.90 Å². The summed E-state index contributed by atoms with van der Waals surface area (Å²) >= 11 is 6.20. The number of hydrogen-bond donors (Lipinski definition) is 2. The molecule has 2 N–H and O–H groups in total. The van der Waals surface area contributed by atoms with Crippen LogP contribution in [-0.4, -0.2) is 29.1 Å². The maximum Gasteiger partial charge on any atom is 0.257 e. The molecule has 3 rings (SSSR count). The molecule has 0 spiro atoms. The van der Waals surface area contributed by atoms with Gasteiger partial charge >= 0.3 is 0 Å². The maximum absolute atomic E-state index is 13.1. The van der Waals surface area contributed by atoms with Crippen LogP contribution in [-0.2, 0) is 0 Å². The van der Waals surface area contributed by atoms with Gasteiger partial charge < -0.3 is 20.1 Å². The average Bonchev–Trinajstić information content (AvgIpc) is 2.61. The summed E-state index contributed by atoms with van der Waals surface area (Å²) in [6.45, 7) is 6.97. The number of benzene rings is 2. The Morgan fingerprint density at radius 1 is 1.31 bits per heavy atom. The van der Waals surface area contributed by atoms with Gasteiger partial charge in [0.2, 0.25) is 0 Å². The molecule has 26 heavy (non-hydrogen) atoms. The van der Waals surface area contributed by atoms with E-state index in [4.69, 9.17) is 16.3 Å². The van der Waals surface area contributed by atoms with Crippen molar-refractivity contribution in [3.05, 3.63) is 52.5 Å². The van der Waals surface area contributed by atoms with Crippen molar-refractivity contribution in [2.45, 2.75) is 26.9 Å². The van der Waals surface area contributed by atoms with Crippen LogP contribution in [0.2, 0.25) is 5.02 Å². The monoisotopic (exact) mass is 374 g/mol. The van der Waals surface area contributed by atoms with Crippen molar-refractivity contribution in [3.63, 3.8) is 0 Å². The lowest BCUT2D eigenvalue weighted by Crippen LogP contribution is -2.44. The molecule has 0 unspecified atom stereocenters. The highest BCUT2D eigenvalue weighted by atomic mass is 35.5. The molecular weight excluding hydrogens is 352 g/mol. The Hall–Kier alpha value is -2.40. The second-order valence-electron chi connectivity index (χ2n) is 6.73. The highest BCUT2D eigenvalue weighted by molar-refractivity contribution is 6.32. The van der Waals surface area contributed by atoms with Gasteiger partial charge in [0, 0.05) is 17.8 Å². The standard InChI is InChI=1S/C20H23ClN2O3/c1-4-26-17-10-13(9-15(21)18(17)24)19-22-16-8-6-5-7-14(16)20(25)23(19)11-12(2)3/h5-10,12,19,22,24H,4,11H2,1-3H3/t19-/m1/s1. The van der Waals surface area contributed by atoms with Crippen LogP contribution < -0.4 is 10.1 Å². The Bertz CT molecular complexity index is 823. The molecule has 0 saturated heterocycles. The molecule has 2 aromatic rings. The molecule has 0 saturated carbocycles. The summed E-state index contributed by atoms with van der Waals surface area (Å²) in [5.41, 5.74) is 2.20. The maximum atomic E-state index is 13.1. The van der Waals surface area contributed by atoms with Gasteiger partial charge in [-0.3, -0.25) is 4.79 Å². The minimum absolute atomic E-state index is 0.0276. The molecule has 0 aliphatic carbocycles. The molecule has 0 bridgehead atoms. The SMILES string of the molecule is CCOc1cc([C@@H]2Nc3ccccc3C(=O)N2CC(C)C)cc(Cl)c1O. The van der Waals surface area contributed by atoms with E-state index in [1.54, 1.807) is 17.0 Å². The Balaban J connectivity index is 2.08. The van der Waals surface area contributed by atoms with Crippen LogP contribution in [0.3, 0.4) is 0 Å². The van der Waals surface area contributed by atoms with Gasteiger partial charge in [-0.2, -0.15) is 0 Å². The van der Waals surface area contributed by atoms with Gasteiger partial charge in [0.15, 0.2) is 11.5 Å². The number of carbonyl (C=O) groups excluding carboxylic acids is 1. The number of rotatable bonds is 5. The zero-order chi connectivity index (χ0) is 18.8. The molecule has 1 aliphatic heterocycles.